The first-order valence-corrected chi connectivity index (χ1v) is 7.13. The van der Waals surface area contributed by atoms with Gasteiger partial charge in [0.05, 0.1) is 23.8 Å². The number of ether oxygens (including phenoxy) is 1. The van der Waals surface area contributed by atoms with Crippen molar-refractivity contribution in [1.82, 2.24) is 15.1 Å². The molecule has 6 heteroatoms. The Kier molecular flexibility index (Phi) is 6.16. The summed E-state index contributed by atoms with van der Waals surface area (Å²) in [6.07, 6.45) is 2.11. The molecule has 0 unspecified atom stereocenters. The molecule has 0 amide bonds. The lowest BCUT2D eigenvalue weighted by Crippen LogP contribution is -2.37. The predicted octanol–water partition coefficient (Wildman–Crippen LogP) is 2.25. The number of carbonyl (C=O) groups is 1. The van der Waals surface area contributed by atoms with Crippen LogP contribution in [0.15, 0.2) is 10.7 Å². The summed E-state index contributed by atoms with van der Waals surface area (Å²) in [7, 11) is 1.63. The first kappa shape index (κ1) is 16.3. The van der Waals surface area contributed by atoms with Crippen LogP contribution in [0.2, 0.25) is 0 Å². The Balaban J connectivity index is 2.63. The number of Topliss-reactive ketones (excluding diaryl/α,β-unsaturated/α-hetero) is 1. The van der Waals surface area contributed by atoms with Crippen LogP contribution in [0.4, 0.5) is 0 Å². The normalized spacial score (nSPS) is 11.8. The molecule has 1 aromatic heterocycles. The van der Waals surface area contributed by atoms with Gasteiger partial charge in [0.15, 0.2) is 5.78 Å². The Hall–Kier alpha value is -0.720. The van der Waals surface area contributed by atoms with Gasteiger partial charge in [-0.25, -0.2) is 0 Å². The van der Waals surface area contributed by atoms with Crippen molar-refractivity contribution in [2.24, 2.45) is 0 Å². The summed E-state index contributed by atoms with van der Waals surface area (Å²) < 4.78 is 7.44. The maximum absolute atomic E-state index is 12.2. The van der Waals surface area contributed by atoms with Crippen LogP contribution in [0.5, 0.6) is 0 Å². The largest absolute Gasteiger partial charge is 0.383 e. The molecule has 0 aliphatic heterocycles. The van der Waals surface area contributed by atoms with Gasteiger partial charge in [0, 0.05) is 25.6 Å². The van der Waals surface area contributed by atoms with E-state index >= 15 is 0 Å². The van der Waals surface area contributed by atoms with Crippen LogP contribution in [0.1, 0.15) is 37.7 Å². The van der Waals surface area contributed by atoms with Crippen LogP contribution in [-0.2, 0) is 11.3 Å². The summed E-state index contributed by atoms with van der Waals surface area (Å²) in [5.41, 5.74) is 0.640. The van der Waals surface area contributed by atoms with E-state index in [-0.39, 0.29) is 11.3 Å². The lowest BCUT2D eigenvalue weighted by atomic mass is 10.1. The fourth-order valence-electron chi connectivity index (χ4n) is 1.66. The number of methoxy groups -OCH3 is 1. The zero-order valence-corrected chi connectivity index (χ0v) is 13.6. The number of hydrogen-bond acceptors (Lipinski definition) is 4. The molecular formula is C13H22BrN3O2. The van der Waals surface area contributed by atoms with E-state index in [9.17, 15) is 4.79 Å². The molecule has 1 N–H and O–H groups in total. The number of ketones is 1. The molecule has 5 nitrogen and oxygen atoms in total. The van der Waals surface area contributed by atoms with Crippen molar-refractivity contribution < 1.29 is 9.53 Å². The van der Waals surface area contributed by atoms with Crippen molar-refractivity contribution in [2.75, 3.05) is 20.3 Å². The van der Waals surface area contributed by atoms with Gasteiger partial charge in [-0.1, -0.05) is 0 Å². The summed E-state index contributed by atoms with van der Waals surface area (Å²) in [4.78, 5) is 12.2. The van der Waals surface area contributed by atoms with Gasteiger partial charge in [-0.05, 0) is 36.7 Å². The SMILES string of the molecule is COCCn1ncc(Br)c1C(=O)CCNC(C)(C)C. The maximum Gasteiger partial charge on any atom is 0.183 e. The molecule has 0 radical (unpaired) electrons. The van der Waals surface area contributed by atoms with Gasteiger partial charge in [0.25, 0.3) is 0 Å². The zero-order chi connectivity index (χ0) is 14.5. The molecule has 0 saturated carbocycles. The third kappa shape index (κ3) is 5.42. The van der Waals surface area contributed by atoms with E-state index in [1.165, 1.54) is 0 Å². The van der Waals surface area contributed by atoms with Gasteiger partial charge in [0.2, 0.25) is 0 Å². The first-order chi connectivity index (χ1) is 8.85. The highest BCUT2D eigenvalue weighted by Gasteiger charge is 2.17. The molecule has 0 aliphatic rings. The Bertz CT molecular complexity index is 424. The van der Waals surface area contributed by atoms with Gasteiger partial charge in [-0.2, -0.15) is 5.10 Å². The van der Waals surface area contributed by atoms with E-state index < -0.39 is 0 Å². The smallest absolute Gasteiger partial charge is 0.183 e. The third-order valence-electron chi connectivity index (χ3n) is 2.57. The fourth-order valence-corrected chi connectivity index (χ4v) is 2.17. The molecule has 108 valence electrons. The van der Waals surface area contributed by atoms with Gasteiger partial charge in [-0.3, -0.25) is 9.48 Å². The van der Waals surface area contributed by atoms with Crippen molar-refractivity contribution >= 4 is 21.7 Å². The molecule has 0 aliphatic carbocycles. The standard InChI is InChI=1S/C13H22BrN3O2/c1-13(2,3)15-6-5-11(18)12-10(14)9-16-17(12)7-8-19-4/h9,15H,5-8H2,1-4H3. The minimum atomic E-state index is 0.0216. The highest BCUT2D eigenvalue weighted by molar-refractivity contribution is 9.10. The third-order valence-corrected chi connectivity index (χ3v) is 3.15. The number of carbonyl (C=O) groups excluding carboxylic acids is 1. The van der Waals surface area contributed by atoms with Crippen LogP contribution in [-0.4, -0.2) is 41.4 Å². The molecule has 1 rings (SSSR count). The van der Waals surface area contributed by atoms with Crippen molar-refractivity contribution in [3.63, 3.8) is 0 Å². The Morgan fingerprint density at radius 3 is 2.79 bits per heavy atom. The highest BCUT2D eigenvalue weighted by Crippen LogP contribution is 2.17. The molecule has 0 bridgehead atoms. The van der Waals surface area contributed by atoms with Gasteiger partial charge < -0.3 is 10.1 Å². The maximum atomic E-state index is 12.2. The van der Waals surface area contributed by atoms with E-state index in [0.29, 0.717) is 31.8 Å². The quantitative estimate of drug-likeness (QED) is 0.778. The number of halogens is 1. The molecule has 0 atom stereocenters. The monoisotopic (exact) mass is 331 g/mol. The Morgan fingerprint density at radius 1 is 1.53 bits per heavy atom. The Labute approximate surface area is 122 Å². The number of nitrogens with one attached hydrogen (secondary N) is 1. The van der Waals surface area contributed by atoms with Crippen molar-refractivity contribution in [1.29, 1.82) is 0 Å². The van der Waals surface area contributed by atoms with E-state index in [2.05, 4.69) is 47.1 Å². The van der Waals surface area contributed by atoms with Crippen LogP contribution < -0.4 is 5.32 Å². The second-order valence-corrected chi connectivity index (χ2v) is 6.26. The van der Waals surface area contributed by atoms with Gasteiger partial charge in [-0.15, -0.1) is 0 Å². The topological polar surface area (TPSA) is 56.2 Å². The van der Waals surface area contributed by atoms with Crippen molar-refractivity contribution in [3.8, 4) is 0 Å². The highest BCUT2D eigenvalue weighted by atomic mass is 79.9. The number of nitrogens with zero attached hydrogens (tertiary/aromatic N) is 2. The van der Waals surface area contributed by atoms with Crippen LogP contribution >= 0.6 is 15.9 Å². The second-order valence-electron chi connectivity index (χ2n) is 5.41. The van der Waals surface area contributed by atoms with E-state index in [0.717, 1.165) is 4.47 Å². The molecular weight excluding hydrogens is 310 g/mol. The second kappa shape index (κ2) is 7.17. The van der Waals surface area contributed by atoms with Crippen LogP contribution in [0, 0.1) is 0 Å². The zero-order valence-electron chi connectivity index (χ0n) is 12.0. The fraction of sp³-hybridized carbons (Fsp3) is 0.692. The Morgan fingerprint density at radius 2 is 2.21 bits per heavy atom. The van der Waals surface area contributed by atoms with Crippen molar-refractivity contribution in [2.45, 2.75) is 39.3 Å². The average molecular weight is 332 g/mol. The number of rotatable bonds is 7. The van der Waals surface area contributed by atoms with Crippen LogP contribution in [0.25, 0.3) is 0 Å². The molecule has 0 aromatic carbocycles. The predicted molar refractivity (Wildman–Crippen MR) is 78.5 cm³/mol. The van der Waals surface area contributed by atoms with Crippen LogP contribution in [0.3, 0.4) is 0 Å². The molecule has 0 saturated heterocycles. The van der Waals surface area contributed by atoms with Crippen molar-refractivity contribution in [3.05, 3.63) is 16.4 Å². The van der Waals surface area contributed by atoms with Gasteiger partial charge in [0.1, 0.15) is 5.69 Å². The molecule has 1 heterocycles. The summed E-state index contributed by atoms with van der Waals surface area (Å²) in [6.45, 7) is 8.01. The van der Waals surface area contributed by atoms with E-state index in [4.69, 9.17) is 4.74 Å². The molecule has 19 heavy (non-hydrogen) atoms. The summed E-state index contributed by atoms with van der Waals surface area (Å²) >= 11 is 3.38. The lowest BCUT2D eigenvalue weighted by Gasteiger charge is -2.20. The van der Waals surface area contributed by atoms with E-state index in [1.54, 1.807) is 18.0 Å². The molecule has 1 aromatic rings. The summed E-state index contributed by atoms with van der Waals surface area (Å²) in [6, 6.07) is 0. The minimum absolute atomic E-state index is 0.0216. The molecule has 0 fully saturated rings. The average Bonchev–Trinajstić information content (AvgIpc) is 2.66. The minimum Gasteiger partial charge on any atom is -0.383 e. The summed E-state index contributed by atoms with van der Waals surface area (Å²) in [5, 5.41) is 7.49. The summed E-state index contributed by atoms with van der Waals surface area (Å²) in [5.74, 6) is 0.0808. The van der Waals surface area contributed by atoms with E-state index in [1.807, 2.05) is 0 Å². The molecule has 0 spiro atoms. The number of hydrogen-bond donors (Lipinski definition) is 1. The number of aromatic nitrogens is 2. The van der Waals surface area contributed by atoms with Gasteiger partial charge >= 0.3 is 0 Å². The lowest BCUT2D eigenvalue weighted by molar-refractivity contribution is 0.0965. The first-order valence-electron chi connectivity index (χ1n) is 6.33.